The third-order valence-electron chi connectivity index (χ3n) is 3.21. The summed E-state index contributed by atoms with van der Waals surface area (Å²) in [6.45, 7) is 6.38. The van der Waals surface area contributed by atoms with Gasteiger partial charge in [-0.15, -0.1) is 0 Å². The average molecular weight is 272 g/mol. The van der Waals surface area contributed by atoms with Gasteiger partial charge in [0.15, 0.2) is 6.29 Å². The zero-order valence-electron chi connectivity index (χ0n) is 12.6. The highest BCUT2D eigenvalue weighted by Crippen LogP contribution is 2.33. The number of hydrogen-bond donors (Lipinski definition) is 0. The number of benzene rings is 1. The van der Waals surface area contributed by atoms with E-state index in [1.807, 2.05) is 31.4 Å². The fourth-order valence-corrected chi connectivity index (χ4v) is 2.25. The number of aryl methyl sites for hydroxylation is 1. The van der Waals surface area contributed by atoms with Crippen LogP contribution in [0.5, 0.6) is 5.75 Å². The highest BCUT2D eigenvalue weighted by Gasteiger charge is 2.23. The van der Waals surface area contributed by atoms with E-state index in [0.717, 1.165) is 23.1 Å². The summed E-state index contributed by atoms with van der Waals surface area (Å²) in [6.07, 6.45) is 2.80. The number of carbonyl (C=O) groups excluding carboxylic acids is 1. The maximum absolute atomic E-state index is 11.2. The van der Waals surface area contributed by atoms with Crippen molar-refractivity contribution in [3.63, 3.8) is 0 Å². The molecule has 1 aromatic heterocycles. The number of aldehydes is 1. The number of nitrogens with zero attached hydrogens (tertiary/aromatic N) is 2. The van der Waals surface area contributed by atoms with Gasteiger partial charge in [0.2, 0.25) is 0 Å². The summed E-state index contributed by atoms with van der Waals surface area (Å²) in [7, 11) is 3.47. The Hall–Kier alpha value is -2.10. The number of hydrogen-bond acceptors (Lipinski definition) is 3. The molecule has 0 spiro atoms. The third kappa shape index (κ3) is 2.59. The first-order valence-electron chi connectivity index (χ1n) is 6.54. The van der Waals surface area contributed by atoms with Crippen molar-refractivity contribution in [2.45, 2.75) is 26.2 Å². The standard InChI is InChI=1S/C16H20N2O2/c1-16(2,3)15-13(9-18(4)17-15)11-6-7-14(20-5)12(8-11)10-19/h6-10H,1-5H3. The van der Waals surface area contributed by atoms with Gasteiger partial charge in [-0.3, -0.25) is 9.48 Å². The van der Waals surface area contributed by atoms with Crippen LogP contribution in [-0.2, 0) is 12.5 Å². The largest absolute Gasteiger partial charge is 0.496 e. The molecule has 1 aromatic carbocycles. The van der Waals surface area contributed by atoms with E-state index < -0.39 is 0 Å². The Morgan fingerprint density at radius 1 is 1.30 bits per heavy atom. The number of ether oxygens (including phenoxy) is 1. The van der Waals surface area contributed by atoms with Crippen LogP contribution in [0, 0.1) is 0 Å². The Kier molecular flexibility index (Phi) is 3.66. The first kappa shape index (κ1) is 14.3. The fraction of sp³-hybridized carbons (Fsp3) is 0.375. The molecule has 0 N–H and O–H groups in total. The molecule has 0 aliphatic rings. The van der Waals surface area contributed by atoms with Gasteiger partial charge in [0.25, 0.3) is 0 Å². The number of aromatic nitrogens is 2. The van der Waals surface area contributed by atoms with Crippen LogP contribution in [0.3, 0.4) is 0 Å². The smallest absolute Gasteiger partial charge is 0.153 e. The molecular formula is C16H20N2O2. The Morgan fingerprint density at radius 3 is 2.55 bits per heavy atom. The highest BCUT2D eigenvalue weighted by atomic mass is 16.5. The van der Waals surface area contributed by atoms with Crippen LogP contribution in [0.2, 0.25) is 0 Å². The van der Waals surface area contributed by atoms with Gasteiger partial charge >= 0.3 is 0 Å². The molecule has 2 rings (SSSR count). The molecule has 0 fully saturated rings. The normalized spacial score (nSPS) is 11.4. The van der Waals surface area contributed by atoms with Crippen molar-refractivity contribution in [2.24, 2.45) is 7.05 Å². The van der Waals surface area contributed by atoms with Gasteiger partial charge in [0.05, 0.1) is 18.4 Å². The van der Waals surface area contributed by atoms with Crippen LogP contribution in [0.4, 0.5) is 0 Å². The van der Waals surface area contributed by atoms with Crippen molar-refractivity contribution in [3.05, 3.63) is 35.7 Å². The van der Waals surface area contributed by atoms with Gasteiger partial charge < -0.3 is 4.74 Å². The molecule has 0 radical (unpaired) electrons. The average Bonchev–Trinajstić information content (AvgIpc) is 2.80. The molecule has 0 aliphatic heterocycles. The summed E-state index contributed by atoms with van der Waals surface area (Å²) in [5.74, 6) is 0.588. The van der Waals surface area contributed by atoms with Crippen molar-refractivity contribution in [1.29, 1.82) is 0 Å². The molecule has 106 valence electrons. The van der Waals surface area contributed by atoms with Crippen LogP contribution in [0.25, 0.3) is 11.1 Å². The van der Waals surface area contributed by atoms with E-state index in [0.29, 0.717) is 11.3 Å². The molecule has 0 atom stereocenters. The lowest BCUT2D eigenvalue weighted by Gasteiger charge is -2.17. The molecule has 0 saturated carbocycles. The molecule has 0 amide bonds. The van der Waals surface area contributed by atoms with Crippen molar-refractivity contribution in [1.82, 2.24) is 9.78 Å². The number of rotatable bonds is 3. The van der Waals surface area contributed by atoms with E-state index in [-0.39, 0.29) is 5.41 Å². The SMILES string of the molecule is COc1ccc(-c2cn(C)nc2C(C)(C)C)cc1C=O. The van der Waals surface area contributed by atoms with Gasteiger partial charge in [0.1, 0.15) is 5.75 Å². The first-order valence-corrected chi connectivity index (χ1v) is 6.54. The van der Waals surface area contributed by atoms with E-state index in [4.69, 9.17) is 4.74 Å². The summed E-state index contributed by atoms with van der Waals surface area (Å²) in [5, 5.41) is 4.55. The Bertz CT molecular complexity index is 636. The summed E-state index contributed by atoms with van der Waals surface area (Å²) in [5.41, 5.74) is 3.53. The van der Waals surface area contributed by atoms with E-state index in [1.165, 1.54) is 0 Å². The lowest BCUT2D eigenvalue weighted by Crippen LogP contribution is -2.13. The monoisotopic (exact) mass is 272 g/mol. The molecular weight excluding hydrogens is 252 g/mol. The zero-order valence-corrected chi connectivity index (χ0v) is 12.6. The minimum Gasteiger partial charge on any atom is -0.496 e. The number of carbonyl (C=O) groups is 1. The van der Waals surface area contributed by atoms with E-state index in [2.05, 4.69) is 25.9 Å². The second kappa shape index (κ2) is 5.12. The van der Waals surface area contributed by atoms with Crippen LogP contribution in [0.1, 0.15) is 36.8 Å². The topological polar surface area (TPSA) is 44.1 Å². The van der Waals surface area contributed by atoms with Gasteiger partial charge in [-0.2, -0.15) is 5.10 Å². The summed E-state index contributed by atoms with van der Waals surface area (Å²) in [6, 6.07) is 5.62. The zero-order chi connectivity index (χ0) is 14.9. The van der Waals surface area contributed by atoms with Crippen LogP contribution in [-0.4, -0.2) is 23.2 Å². The quantitative estimate of drug-likeness (QED) is 0.806. The van der Waals surface area contributed by atoms with Crippen molar-refractivity contribution < 1.29 is 9.53 Å². The lowest BCUT2D eigenvalue weighted by molar-refractivity contribution is 0.112. The van der Waals surface area contributed by atoms with Gasteiger partial charge in [-0.25, -0.2) is 0 Å². The molecule has 4 heteroatoms. The Morgan fingerprint density at radius 2 is 2.00 bits per heavy atom. The summed E-state index contributed by atoms with van der Waals surface area (Å²) in [4.78, 5) is 11.2. The van der Waals surface area contributed by atoms with E-state index in [9.17, 15) is 4.79 Å². The Labute approximate surface area is 119 Å². The van der Waals surface area contributed by atoms with Crippen molar-refractivity contribution >= 4 is 6.29 Å². The summed E-state index contributed by atoms with van der Waals surface area (Å²) < 4.78 is 6.98. The molecule has 4 nitrogen and oxygen atoms in total. The molecule has 0 aliphatic carbocycles. The molecule has 20 heavy (non-hydrogen) atoms. The highest BCUT2D eigenvalue weighted by molar-refractivity contribution is 5.83. The van der Waals surface area contributed by atoms with Crippen molar-refractivity contribution in [3.8, 4) is 16.9 Å². The van der Waals surface area contributed by atoms with Crippen LogP contribution in [0.15, 0.2) is 24.4 Å². The second-order valence-electron chi connectivity index (χ2n) is 5.89. The van der Waals surface area contributed by atoms with Crippen LogP contribution >= 0.6 is 0 Å². The Balaban J connectivity index is 2.60. The van der Waals surface area contributed by atoms with E-state index in [1.54, 1.807) is 11.8 Å². The molecule has 2 aromatic rings. The predicted molar refractivity (Wildman–Crippen MR) is 79.3 cm³/mol. The fourth-order valence-electron chi connectivity index (χ4n) is 2.25. The molecule has 0 unspecified atom stereocenters. The van der Waals surface area contributed by atoms with Gasteiger partial charge in [0, 0.05) is 24.2 Å². The summed E-state index contributed by atoms with van der Waals surface area (Å²) >= 11 is 0. The molecule has 1 heterocycles. The first-order chi connectivity index (χ1) is 9.36. The minimum atomic E-state index is -0.0577. The maximum atomic E-state index is 11.2. The molecule has 0 bridgehead atoms. The van der Waals surface area contributed by atoms with Gasteiger partial charge in [-0.05, 0) is 17.7 Å². The number of methoxy groups -OCH3 is 1. The lowest BCUT2D eigenvalue weighted by atomic mass is 9.87. The second-order valence-corrected chi connectivity index (χ2v) is 5.89. The third-order valence-corrected chi connectivity index (χ3v) is 3.21. The van der Waals surface area contributed by atoms with Gasteiger partial charge in [-0.1, -0.05) is 26.8 Å². The predicted octanol–water partition coefficient (Wildman–Crippen LogP) is 3.21. The maximum Gasteiger partial charge on any atom is 0.153 e. The van der Waals surface area contributed by atoms with E-state index >= 15 is 0 Å². The van der Waals surface area contributed by atoms with Crippen molar-refractivity contribution in [2.75, 3.05) is 7.11 Å². The van der Waals surface area contributed by atoms with Crippen LogP contribution < -0.4 is 4.74 Å². The minimum absolute atomic E-state index is 0.0577. The molecule has 0 saturated heterocycles.